The van der Waals surface area contributed by atoms with Gasteiger partial charge in [-0.3, -0.25) is 0 Å². The number of pyridine rings is 1. The van der Waals surface area contributed by atoms with Crippen molar-refractivity contribution in [1.29, 1.82) is 0 Å². The molecular weight excluding hydrogens is 403 g/mol. The second kappa shape index (κ2) is 6.83. The van der Waals surface area contributed by atoms with Gasteiger partial charge in [0.15, 0.2) is 0 Å². The van der Waals surface area contributed by atoms with Crippen LogP contribution in [0.4, 0.5) is 0 Å². The van der Waals surface area contributed by atoms with Crippen LogP contribution in [0.1, 0.15) is 33.3 Å². The van der Waals surface area contributed by atoms with Gasteiger partial charge >= 0.3 is 7.12 Å². The monoisotopic (exact) mass is 428 g/mol. The first-order valence-corrected chi connectivity index (χ1v) is 11.1. The van der Waals surface area contributed by atoms with E-state index < -0.39 is 28.3 Å². The van der Waals surface area contributed by atoms with E-state index in [1.165, 1.54) is 17.3 Å². The van der Waals surface area contributed by atoms with E-state index in [9.17, 15) is 8.42 Å². The van der Waals surface area contributed by atoms with Crippen LogP contribution in [0.15, 0.2) is 47.5 Å². The first kappa shape index (κ1) is 20.9. The Morgan fingerprint density at radius 3 is 2.17 bits per heavy atom. The van der Waals surface area contributed by atoms with Crippen molar-refractivity contribution in [1.82, 2.24) is 8.96 Å². The average molecular weight is 428 g/mol. The summed E-state index contributed by atoms with van der Waals surface area (Å²) < 4.78 is 45.7. The van der Waals surface area contributed by atoms with E-state index >= 15 is 0 Å². The van der Waals surface area contributed by atoms with E-state index in [-0.39, 0.29) is 4.90 Å². The van der Waals surface area contributed by atoms with Gasteiger partial charge in [0, 0.05) is 17.7 Å². The molecule has 1 fully saturated rings. The summed E-state index contributed by atoms with van der Waals surface area (Å²) in [5.41, 5.74) is 1.28. The van der Waals surface area contributed by atoms with E-state index in [0.29, 0.717) is 22.4 Å². The Morgan fingerprint density at radius 2 is 1.60 bits per heavy atom. The highest BCUT2D eigenvalue weighted by Gasteiger charge is 2.53. The van der Waals surface area contributed by atoms with Crippen LogP contribution >= 0.6 is 0 Å². The quantitative estimate of drug-likeness (QED) is 0.595. The highest BCUT2D eigenvalue weighted by molar-refractivity contribution is 7.90. The van der Waals surface area contributed by atoms with E-state index in [4.69, 9.17) is 14.0 Å². The molecule has 7 nitrogen and oxygen atoms in total. The molecule has 0 unspecified atom stereocenters. The molecule has 3 heterocycles. The molecule has 0 radical (unpaired) electrons. The van der Waals surface area contributed by atoms with Crippen LogP contribution in [-0.2, 0) is 19.3 Å². The van der Waals surface area contributed by atoms with Crippen molar-refractivity contribution in [2.45, 2.75) is 50.7 Å². The van der Waals surface area contributed by atoms with Gasteiger partial charge in [-0.15, -0.1) is 0 Å². The molecule has 1 saturated heterocycles. The summed E-state index contributed by atoms with van der Waals surface area (Å²) in [6.07, 6.45) is 1.54. The van der Waals surface area contributed by atoms with Gasteiger partial charge in [0.1, 0.15) is 0 Å². The van der Waals surface area contributed by atoms with Crippen molar-refractivity contribution in [3.05, 3.63) is 48.2 Å². The van der Waals surface area contributed by atoms with Crippen LogP contribution in [0.5, 0.6) is 5.88 Å². The smallest absolute Gasteiger partial charge is 0.481 e. The maximum absolute atomic E-state index is 13.4. The van der Waals surface area contributed by atoms with Gasteiger partial charge < -0.3 is 14.0 Å². The SMILES string of the molecule is COc1ccc2c(n1)c(B1OC(C)(C)C(C)(C)O1)cn2S(=O)(=O)c1ccc(C)cc1. The molecule has 0 aliphatic carbocycles. The molecule has 9 heteroatoms. The van der Waals surface area contributed by atoms with Crippen molar-refractivity contribution in [2.75, 3.05) is 7.11 Å². The van der Waals surface area contributed by atoms with Crippen molar-refractivity contribution in [3.8, 4) is 5.88 Å². The lowest BCUT2D eigenvalue weighted by Crippen LogP contribution is -2.41. The number of aryl methyl sites for hydroxylation is 1. The fourth-order valence-electron chi connectivity index (χ4n) is 3.36. The third-order valence-corrected chi connectivity index (χ3v) is 7.60. The number of methoxy groups -OCH3 is 1. The highest BCUT2D eigenvalue weighted by Crippen LogP contribution is 2.37. The summed E-state index contributed by atoms with van der Waals surface area (Å²) >= 11 is 0. The Morgan fingerprint density at radius 1 is 1.00 bits per heavy atom. The predicted molar refractivity (Wildman–Crippen MR) is 116 cm³/mol. The predicted octanol–water partition coefficient (Wildman–Crippen LogP) is 2.89. The molecule has 0 N–H and O–H groups in total. The number of rotatable bonds is 4. The Kier molecular flexibility index (Phi) is 4.76. The summed E-state index contributed by atoms with van der Waals surface area (Å²) in [5, 5.41) is 0. The second-order valence-electron chi connectivity index (χ2n) is 8.51. The highest BCUT2D eigenvalue weighted by atomic mass is 32.2. The van der Waals surface area contributed by atoms with Gasteiger partial charge in [0.25, 0.3) is 10.0 Å². The molecule has 2 aromatic heterocycles. The summed E-state index contributed by atoms with van der Waals surface area (Å²) in [6, 6.07) is 10.1. The van der Waals surface area contributed by atoms with Crippen molar-refractivity contribution >= 4 is 33.6 Å². The summed E-state index contributed by atoms with van der Waals surface area (Å²) in [7, 11) is -3.08. The number of fused-ring (bicyclic) bond motifs is 1. The average Bonchev–Trinajstić information content (AvgIpc) is 3.16. The van der Waals surface area contributed by atoms with Crippen LogP contribution in [0.25, 0.3) is 11.0 Å². The van der Waals surface area contributed by atoms with Gasteiger partial charge in [-0.2, -0.15) is 0 Å². The van der Waals surface area contributed by atoms with E-state index in [1.807, 2.05) is 34.6 Å². The van der Waals surface area contributed by atoms with Gasteiger partial charge in [-0.1, -0.05) is 17.7 Å². The van der Waals surface area contributed by atoms with E-state index in [2.05, 4.69) is 4.98 Å². The largest absolute Gasteiger partial charge is 0.498 e. The molecule has 0 saturated carbocycles. The Labute approximate surface area is 177 Å². The molecule has 3 aromatic rings. The standard InChI is InChI=1S/C21H25BN2O5S/c1-14-7-9-15(10-8-14)30(25,26)24-13-16(19-17(24)11-12-18(23-19)27-6)22-28-20(2,3)21(4,5)29-22/h7-13H,1-6H3. The Hall–Kier alpha value is -2.36. The number of hydrogen-bond donors (Lipinski definition) is 0. The van der Waals surface area contributed by atoms with Crippen molar-refractivity contribution < 1.29 is 22.5 Å². The molecule has 1 aliphatic rings. The molecule has 0 amide bonds. The van der Waals surface area contributed by atoms with Crippen LogP contribution < -0.4 is 10.2 Å². The minimum Gasteiger partial charge on any atom is -0.481 e. The minimum absolute atomic E-state index is 0.196. The third-order valence-electron chi connectivity index (χ3n) is 5.91. The van der Waals surface area contributed by atoms with Crippen LogP contribution in [-0.4, -0.2) is 42.8 Å². The fourth-order valence-corrected chi connectivity index (χ4v) is 4.73. The van der Waals surface area contributed by atoms with Crippen molar-refractivity contribution in [3.63, 3.8) is 0 Å². The van der Waals surface area contributed by atoms with Gasteiger partial charge in [0.05, 0.1) is 34.2 Å². The molecule has 0 atom stereocenters. The van der Waals surface area contributed by atoms with Crippen LogP contribution in [0, 0.1) is 6.92 Å². The zero-order valence-corrected chi connectivity index (χ0v) is 18.8. The minimum atomic E-state index is -3.84. The number of nitrogens with zero attached hydrogens (tertiary/aromatic N) is 2. The number of ether oxygens (including phenoxy) is 1. The van der Waals surface area contributed by atoms with Gasteiger partial charge in [-0.25, -0.2) is 17.4 Å². The molecule has 1 aliphatic heterocycles. The Bertz CT molecular complexity index is 1200. The first-order valence-electron chi connectivity index (χ1n) is 9.70. The molecule has 158 valence electrons. The molecule has 1 aromatic carbocycles. The maximum Gasteiger partial charge on any atom is 0.498 e. The van der Waals surface area contributed by atoms with Crippen molar-refractivity contribution in [2.24, 2.45) is 0 Å². The number of aromatic nitrogens is 2. The Balaban J connectivity index is 1.92. The summed E-state index contributed by atoms with van der Waals surface area (Å²) in [6.45, 7) is 9.70. The number of benzene rings is 1. The van der Waals surface area contributed by atoms with E-state index in [1.54, 1.807) is 36.4 Å². The lowest BCUT2D eigenvalue weighted by atomic mass is 9.80. The lowest BCUT2D eigenvalue weighted by molar-refractivity contribution is 0.00578. The maximum atomic E-state index is 13.4. The zero-order valence-electron chi connectivity index (χ0n) is 18.0. The molecule has 30 heavy (non-hydrogen) atoms. The molecule has 4 rings (SSSR count). The number of hydrogen-bond acceptors (Lipinski definition) is 6. The van der Waals surface area contributed by atoms with Gasteiger partial charge in [-0.05, 0) is 52.8 Å². The van der Waals surface area contributed by atoms with Gasteiger partial charge in [0.2, 0.25) is 5.88 Å². The second-order valence-corrected chi connectivity index (χ2v) is 10.3. The summed E-state index contributed by atoms with van der Waals surface area (Å²) in [5.74, 6) is 0.380. The third kappa shape index (κ3) is 3.21. The fraction of sp³-hybridized carbons (Fsp3) is 0.381. The van der Waals surface area contributed by atoms with Crippen LogP contribution in [0.3, 0.4) is 0 Å². The van der Waals surface area contributed by atoms with E-state index in [0.717, 1.165) is 5.56 Å². The first-order chi connectivity index (χ1) is 14.0. The lowest BCUT2D eigenvalue weighted by Gasteiger charge is -2.32. The normalized spacial score (nSPS) is 18.1. The zero-order chi connectivity index (χ0) is 21.9. The molecule has 0 spiro atoms. The molecular formula is C21H25BN2O5S. The van der Waals surface area contributed by atoms with Crippen LogP contribution in [0.2, 0.25) is 0 Å². The topological polar surface area (TPSA) is 79.7 Å². The molecule has 0 bridgehead atoms. The summed E-state index contributed by atoms with van der Waals surface area (Å²) in [4.78, 5) is 4.70.